The van der Waals surface area contributed by atoms with E-state index in [4.69, 9.17) is 10.5 Å². The van der Waals surface area contributed by atoms with Crippen LogP contribution < -0.4 is 0 Å². The summed E-state index contributed by atoms with van der Waals surface area (Å²) >= 11 is 0. The first-order valence-corrected chi connectivity index (χ1v) is 3.83. The third-order valence-corrected chi connectivity index (χ3v) is 1.32. The summed E-state index contributed by atoms with van der Waals surface area (Å²) in [6.07, 6.45) is 2.77. The Balaban J connectivity index is 0. The molecule has 0 aliphatic rings. The van der Waals surface area contributed by atoms with Gasteiger partial charge in [0.05, 0.1) is 0 Å². The molecule has 64 valence electrons. The fourth-order valence-corrected chi connectivity index (χ4v) is 0.667. The average molecular weight is 148 g/mol. The van der Waals surface area contributed by atoms with Crippen LogP contribution in [0, 0.1) is 11.8 Å². The van der Waals surface area contributed by atoms with E-state index in [2.05, 4.69) is 27.7 Å². The topological polar surface area (TPSA) is 40.5 Å². The van der Waals surface area contributed by atoms with Gasteiger partial charge in [0.25, 0.3) is 0 Å². The Morgan fingerprint density at radius 2 is 1.00 bits per heavy atom. The van der Waals surface area contributed by atoms with E-state index in [1.54, 1.807) is 0 Å². The second-order valence-electron chi connectivity index (χ2n) is 3.37. The van der Waals surface area contributed by atoms with Crippen LogP contribution >= 0.6 is 0 Å². The number of hydrogen-bond acceptors (Lipinski definition) is 2. The van der Waals surface area contributed by atoms with Gasteiger partial charge in [-0.3, -0.25) is 10.5 Å². The van der Waals surface area contributed by atoms with Gasteiger partial charge in [0.1, 0.15) is 0 Å². The van der Waals surface area contributed by atoms with Crippen molar-refractivity contribution in [3.63, 3.8) is 0 Å². The Bertz CT molecular complexity index is 43.2. The third-order valence-electron chi connectivity index (χ3n) is 1.32. The Labute approximate surface area is 63.8 Å². The summed E-state index contributed by atoms with van der Waals surface area (Å²) in [5.74, 6) is 1.77. The van der Waals surface area contributed by atoms with Crippen LogP contribution in [-0.4, -0.2) is 10.5 Å². The molecular weight excluding hydrogens is 128 g/mol. The lowest BCUT2D eigenvalue weighted by Crippen LogP contribution is -1.91. The maximum Gasteiger partial charge on any atom is -0.0471 e. The highest BCUT2D eigenvalue weighted by Gasteiger charge is 1.95. The fraction of sp³-hybridized carbons (Fsp3) is 1.00. The Morgan fingerprint density at radius 3 is 1.10 bits per heavy atom. The van der Waals surface area contributed by atoms with Crippen LogP contribution in [0.5, 0.6) is 0 Å². The normalized spacial score (nSPS) is 9.60. The van der Waals surface area contributed by atoms with E-state index >= 15 is 0 Å². The molecule has 2 N–H and O–H groups in total. The average Bonchev–Trinajstić information content (AvgIpc) is 1.89. The SMILES string of the molecule is CC(C)CCC(C)C.OO. The van der Waals surface area contributed by atoms with Gasteiger partial charge in [-0.15, -0.1) is 0 Å². The molecule has 0 aliphatic heterocycles. The van der Waals surface area contributed by atoms with Crippen LogP contribution in [0.1, 0.15) is 40.5 Å². The van der Waals surface area contributed by atoms with Crippen molar-refractivity contribution in [3.05, 3.63) is 0 Å². The molecule has 2 nitrogen and oxygen atoms in total. The van der Waals surface area contributed by atoms with Crippen molar-refractivity contribution in [1.82, 2.24) is 0 Å². The summed E-state index contributed by atoms with van der Waals surface area (Å²) in [5.41, 5.74) is 0. The van der Waals surface area contributed by atoms with Crippen molar-refractivity contribution < 1.29 is 10.5 Å². The smallest absolute Gasteiger partial charge is 0.0471 e. The van der Waals surface area contributed by atoms with E-state index in [0.29, 0.717) is 0 Å². The van der Waals surface area contributed by atoms with Gasteiger partial charge >= 0.3 is 0 Å². The third kappa shape index (κ3) is 15.7. The molecule has 0 bridgehead atoms. The Morgan fingerprint density at radius 1 is 0.800 bits per heavy atom. The predicted octanol–water partition coefficient (Wildman–Crippen LogP) is 3.10. The van der Waals surface area contributed by atoms with Crippen molar-refractivity contribution in [2.24, 2.45) is 11.8 Å². The molecule has 0 unspecified atom stereocenters. The van der Waals surface area contributed by atoms with Gasteiger partial charge in [0, 0.05) is 0 Å². The summed E-state index contributed by atoms with van der Waals surface area (Å²) < 4.78 is 0. The molecule has 0 aliphatic carbocycles. The molecule has 0 saturated heterocycles. The zero-order valence-corrected chi connectivity index (χ0v) is 7.46. The van der Waals surface area contributed by atoms with Gasteiger partial charge in [0.15, 0.2) is 0 Å². The molecule has 0 amide bonds. The van der Waals surface area contributed by atoms with Crippen LogP contribution in [0.3, 0.4) is 0 Å². The van der Waals surface area contributed by atoms with Crippen molar-refractivity contribution >= 4 is 0 Å². The van der Waals surface area contributed by atoms with E-state index in [1.807, 2.05) is 0 Å². The molecule has 0 aromatic rings. The van der Waals surface area contributed by atoms with Gasteiger partial charge in [-0.05, 0) is 11.8 Å². The van der Waals surface area contributed by atoms with Gasteiger partial charge < -0.3 is 0 Å². The molecule has 0 fully saturated rings. The summed E-state index contributed by atoms with van der Waals surface area (Å²) in [4.78, 5) is 0. The molecule has 0 aromatic heterocycles. The second kappa shape index (κ2) is 8.92. The monoisotopic (exact) mass is 148 g/mol. The Hall–Kier alpha value is -0.0800. The lowest BCUT2D eigenvalue weighted by atomic mass is 10.0. The first kappa shape index (κ1) is 12.6. The van der Waals surface area contributed by atoms with Gasteiger partial charge in [0.2, 0.25) is 0 Å². The molecule has 10 heavy (non-hydrogen) atoms. The lowest BCUT2D eigenvalue weighted by molar-refractivity contribution is -0.176. The fourth-order valence-electron chi connectivity index (χ4n) is 0.667. The molecule has 0 aromatic carbocycles. The quantitative estimate of drug-likeness (QED) is 0.477. The molecule has 0 saturated carbocycles. The van der Waals surface area contributed by atoms with Crippen LogP contribution in [0.4, 0.5) is 0 Å². The van der Waals surface area contributed by atoms with Gasteiger partial charge in [-0.2, -0.15) is 0 Å². The van der Waals surface area contributed by atoms with Gasteiger partial charge in [-0.25, -0.2) is 0 Å². The summed E-state index contributed by atoms with van der Waals surface area (Å²) in [7, 11) is 0. The highest BCUT2D eigenvalue weighted by atomic mass is 17.0. The predicted molar refractivity (Wildman–Crippen MR) is 44.2 cm³/mol. The summed E-state index contributed by atoms with van der Waals surface area (Å²) in [6.45, 7) is 9.12. The number of rotatable bonds is 3. The second-order valence-corrected chi connectivity index (χ2v) is 3.37. The molecule has 0 spiro atoms. The van der Waals surface area contributed by atoms with Crippen LogP contribution in [0.25, 0.3) is 0 Å². The van der Waals surface area contributed by atoms with Gasteiger partial charge in [-0.1, -0.05) is 40.5 Å². The lowest BCUT2D eigenvalue weighted by Gasteiger charge is -2.05. The highest BCUT2D eigenvalue weighted by Crippen LogP contribution is 2.09. The minimum atomic E-state index is 0.886. The first-order valence-electron chi connectivity index (χ1n) is 3.83. The standard InChI is InChI=1S/C8H18.H2O2/c1-7(2)5-6-8(3)4;1-2/h7-8H,5-6H2,1-4H3;1-2H. The van der Waals surface area contributed by atoms with E-state index in [1.165, 1.54) is 12.8 Å². The summed E-state index contributed by atoms with van der Waals surface area (Å²) in [5, 5.41) is 12.0. The molecule has 0 atom stereocenters. The van der Waals surface area contributed by atoms with Crippen molar-refractivity contribution in [2.45, 2.75) is 40.5 Å². The number of hydrogen-bond donors (Lipinski definition) is 2. The van der Waals surface area contributed by atoms with E-state index in [9.17, 15) is 0 Å². The zero-order valence-electron chi connectivity index (χ0n) is 7.46. The highest BCUT2D eigenvalue weighted by molar-refractivity contribution is 4.48. The maximum atomic E-state index is 6.00. The minimum absolute atomic E-state index is 0.886. The molecule has 0 heterocycles. The van der Waals surface area contributed by atoms with Crippen LogP contribution in [0.2, 0.25) is 0 Å². The first-order chi connectivity index (χ1) is 4.63. The zero-order chi connectivity index (χ0) is 8.57. The summed E-state index contributed by atoms with van der Waals surface area (Å²) in [6, 6.07) is 0. The molecule has 0 radical (unpaired) electrons. The molecule has 0 rings (SSSR count). The van der Waals surface area contributed by atoms with E-state index in [-0.39, 0.29) is 0 Å². The van der Waals surface area contributed by atoms with Crippen molar-refractivity contribution in [3.8, 4) is 0 Å². The largest absolute Gasteiger partial charge is 0.255 e. The molecule has 2 heteroatoms. The van der Waals surface area contributed by atoms with E-state index < -0.39 is 0 Å². The Kier molecular flexibility index (Phi) is 11.2. The minimum Gasteiger partial charge on any atom is -0.255 e. The van der Waals surface area contributed by atoms with Crippen LogP contribution in [-0.2, 0) is 0 Å². The maximum absolute atomic E-state index is 6.00. The van der Waals surface area contributed by atoms with E-state index in [0.717, 1.165) is 11.8 Å². The van der Waals surface area contributed by atoms with Crippen molar-refractivity contribution in [1.29, 1.82) is 0 Å². The van der Waals surface area contributed by atoms with Crippen LogP contribution in [0.15, 0.2) is 0 Å². The van der Waals surface area contributed by atoms with Crippen molar-refractivity contribution in [2.75, 3.05) is 0 Å². The molecular formula is C8H20O2.